The first-order valence-corrected chi connectivity index (χ1v) is 10.2. The van der Waals surface area contributed by atoms with E-state index in [1.54, 1.807) is 0 Å². The molecule has 156 valence electrons. The molecule has 0 amide bonds. The number of fused-ring (bicyclic) bond motifs is 1. The highest BCUT2D eigenvalue weighted by atomic mass is 127. The summed E-state index contributed by atoms with van der Waals surface area (Å²) in [5.41, 5.74) is 2.55. The van der Waals surface area contributed by atoms with Crippen molar-refractivity contribution in [2.75, 3.05) is 59.9 Å². The van der Waals surface area contributed by atoms with Crippen LogP contribution in [0.2, 0.25) is 0 Å². The number of aromatic nitrogens is 1. The van der Waals surface area contributed by atoms with Crippen LogP contribution in [0.15, 0.2) is 35.5 Å². The van der Waals surface area contributed by atoms with Crippen molar-refractivity contribution in [3.8, 4) is 0 Å². The van der Waals surface area contributed by atoms with Gasteiger partial charge in [0.15, 0.2) is 5.96 Å². The molecule has 1 aromatic heterocycles. The Morgan fingerprint density at radius 1 is 1.11 bits per heavy atom. The number of nitrogens with one attached hydrogen (secondary N) is 3. The molecule has 3 N–H and O–H groups in total. The number of aromatic amines is 1. The molecule has 0 unspecified atom stereocenters. The van der Waals surface area contributed by atoms with Gasteiger partial charge in [-0.05, 0) is 57.6 Å². The number of H-pyrrole nitrogens is 1. The van der Waals surface area contributed by atoms with Crippen LogP contribution < -0.4 is 10.6 Å². The van der Waals surface area contributed by atoms with E-state index in [9.17, 15) is 0 Å². The zero-order chi connectivity index (χ0) is 18.9. The summed E-state index contributed by atoms with van der Waals surface area (Å²) in [4.78, 5) is 12.7. The molecule has 1 aliphatic heterocycles. The summed E-state index contributed by atoms with van der Waals surface area (Å²) >= 11 is 0. The van der Waals surface area contributed by atoms with Gasteiger partial charge in [0.1, 0.15) is 0 Å². The van der Waals surface area contributed by atoms with Crippen LogP contribution in [0.3, 0.4) is 0 Å². The first kappa shape index (κ1) is 23.0. The highest BCUT2D eigenvalue weighted by Gasteiger charge is 2.11. The van der Waals surface area contributed by atoms with E-state index in [-0.39, 0.29) is 24.0 Å². The van der Waals surface area contributed by atoms with E-state index in [1.807, 2.05) is 7.05 Å². The SMILES string of the molecule is CN=C(NCCCN1CCCN(C)CC1)NCCc1c[nH]c2ccccc12.I. The third-order valence-electron chi connectivity index (χ3n) is 5.34. The number of aliphatic imine (C=N–C) groups is 1. The quantitative estimate of drug-likeness (QED) is 0.238. The average molecular weight is 498 g/mol. The molecule has 0 atom stereocenters. The zero-order valence-electron chi connectivity index (χ0n) is 17.2. The minimum atomic E-state index is 0. The van der Waals surface area contributed by atoms with Gasteiger partial charge in [-0.15, -0.1) is 24.0 Å². The summed E-state index contributed by atoms with van der Waals surface area (Å²) in [7, 11) is 4.06. The van der Waals surface area contributed by atoms with Gasteiger partial charge in [0, 0.05) is 50.3 Å². The monoisotopic (exact) mass is 498 g/mol. The molecule has 1 saturated heterocycles. The van der Waals surface area contributed by atoms with Crippen LogP contribution in [0, 0.1) is 0 Å². The predicted molar refractivity (Wildman–Crippen MR) is 130 cm³/mol. The lowest BCUT2D eigenvalue weighted by atomic mass is 10.1. The summed E-state index contributed by atoms with van der Waals surface area (Å²) in [5, 5.41) is 8.19. The van der Waals surface area contributed by atoms with Gasteiger partial charge in [0.25, 0.3) is 0 Å². The van der Waals surface area contributed by atoms with Crippen LogP contribution in [0.4, 0.5) is 0 Å². The van der Waals surface area contributed by atoms with E-state index in [2.05, 4.69) is 67.9 Å². The number of rotatable bonds is 7. The molecule has 7 heteroatoms. The number of likely N-dealkylation sites (N-methyl/N-ethyl adjacent to an activating group) is 1. The van der Waals surface area contributed by atoms with E-state index in [4.69, 9.17) is 0 Å². The Kier molecular flexibility index (Phi) is 10.1. The van der Waals surface area contributed by atoms with Gasteiger partial charge in [-0.1, -0.05) is 18.2 Å². The fourth-order valence-corrected chi connectivity index (χ4v) is 3.71. The number of benzene rings is 1. The smallest absolute Gasteiger partial charge is 0.190 e. The minimum Gasteiger partial charge on any atom is -0.361 e. The Hall–Kier alpha value is -1.32. The fraction of sp³-hybridized carbons (Fsp3) is 0.571. The van der Waals surface area contributed by atoms with Crippen molar-refractivity contribution in [1.29, 1.82) is 0 Å². The van der Waals surface area contributed by atoms with Gasteiger partial charge in [0.05, 0.1) is 0 Å². The predicted octanol–water partition coefficient (Wildman–Crippen LogP) is 2.52. The Morgan fingerprint density at radius 3 is 2.79 bits per heavy atom. The first-order chi connectivity index (χ1) is 13.3. The lowest BCUT2D eigenvalue weighted by Gasteiger charge is -2.20. The summed E-state index contributed by atoms with van der Waals surface area (Å²) in [5.74, 6) is 0.894. The van der Waals surface area contributed by atoms with E-state index >= 15 is 0 Å². The van der Waals surface area contributed by atoms with E-state index in [0.29, 0.717) is 0 Å². The average Bonchev–Trinajstić information content (AvgIpc) is 2.98. The molecule has 0 saturated carbocycles. The van der Waals surface area contributed by atoms with Crippen LogP contribution in [-0.2, 0) is 6.42 Å². The maximum absolute atomic E-state index is 4.34. The molecule has 0 radical (unpaired) electrons. The molecule has 1 fully saturated rings. The van der Waals surface area contributed by atoms with Crippen LogP contribution in [0.25, 0.3) is 10.9 Å². The molecule has 2 heterocycles. The maximum atomic E-state index is 4.34. The van der Waals surface area contributed by atoms with Gasteiger partial charge < -0.3 is 25.4 Å². The molecular formula is C21H35IN6. The van der Waals surface area contributed by atoms with Crippen molar-refractivity contribution in [2.45, 2.75) is 19.3 Å². The van der Waals surface area contributed by atoms with Crippen molar-refractivity contribution in [2.24, 2.45) is 4.99 Å². The van der Waals surface area contributed by atoms with Gasteiger partial charge in [0.2, 0.25) is 0 Å². The van der Waals surface area contributed by atoms with E-state index < -0.39 is 0 Å². The number of hydrogen-bond acceptors (Lipinski definition) is 3. The molecule has 28 heavy (non-hydrogen) atoms. The Labute approximate surface area is 186 Å². The molecule has 0 aliphatic carbocycles. The van der Waals surface area contributed by atoms with Crippen LogP contribution in [-0.4, -0.2) is 80.7 Å². The largest absolute Gasteiger partial charge is 0.361 e. The summed E-state index contributed by atoms with van der Waals surface area (Å²) in [6.07, 6.45) is 5.51. The second kappa shape index (κ2) is 12.3. The van der Waals surface area contributed by atoms with Gasteiger partial charge in [-0.3, -0.25) is 4.99 Å². The molecule has 1 aromatic carbocycles. The van der Waals surface area contributed by atoms with E-state index in [0.717, 1.165) is 38.4 Å². The topological polar surface area (TPSA) is 58.7 Å². The second-order valence-electron chi connectivity index (χ2n) is 7.39. The number of hydrogen-bond donors (Lipinski definition) is 3. The number of para-hydroxylation sites is 1. The first-order valence-electron chi connectivity index (χ1n) is 10.2. The van der Waals surface area contributed by atoms with Gasteiger partial charge >= 0.3 is 0 Å². The lowest BCUT2D eigenvalue weighted by molar-refractivity contribution is 0.274. The second-order valence-corrected chi connectivity index (χ2v) is 7.39. The summed E-state index contributed by atoms with van der Waals surface area (Å²) in [6.45, 7) is 7.81. The molecule has 3 rings (SSSR count). The Bertz CT molecular complexity index is 729. The third kappa shape index (κ3) is 6.93. The Morgan fingerprint density at radius 2 is 1.93 bits per heavy atom. The van der Waals surface area contributed by atoms with Gasteiger partial charge in [-0.2, -0.15) is 0 Å². The molecule has 6 nitrogen and oxygen atoms in total. The Balaban J connectivity index is 0.00000280. The highest BCUT2D eigenvalue weighted by Crippen LogP contribution is 2.17. The standard InChI is InChI=1S/C21H34N6.HI/c1-22-21(23-10-5-13-27-14-6-12-26(2)15-16-27)24-11-9-18-17-25-20-8-4-3-7-19(18)20;/h3-4,7-8,17,25H,5-6,9-16H2,1-2H3,(H2,22,23,24);1H. The van der Waals surface area contributed by atoms with Crippen molar-refractivity contribution in [3.63, 3.8) is 0 Å². The van der Waals surface area contributed by atoms with Crippen molar-refractivity contribution in [1.82, 2.24) is 25.4 Å². The normalized spacial score (nSPS) is 16.6. The summed E-state index contributed by atoms with van der Waals surface area (Å²) < 4.78 is 0. The van der Waals surface area contributed by atoms with Crippen molar-refractivity contribution < 1.29 is 0 Å². The number of halogens is 1. The zero-order valence-corrected chi connectivity index (χ0v) is 19.5. The van der Waals surface area contributed by atoms with Crippen molar-refractivity contribution >= 4 is 40.8 Å². The minimum absolute atomic E-state index is 0. The van der Waals surface area contributed by atoms with E-state index in [1.165, 1.54) is 49.1 Å². The fourth-order valence-electron chi connectivity index (χ4n) is 3.71. The summed E-state index contributed by atoms with van der Waals surface area (Å²) in [6, 6.07) is 8.45. The third-order valence-corrected chi connectivity index (χ3v) is 5.34. The molecule has 1 aliphatic rings. The molecule has 2 aromatic rings. The van der Waals surface area contributed by atoms with Crippen LogP contribution >= 0.6 is 24.0 Å². The molecular weight excluding hydrogens is 463 g/mol. The van der Waals surface area contributed by atoms with Crippen LogP contribution in [0.5, 0.6) is 0 Å². The van der Waals surface area contributed by atoms with Crippen molar-refractivity contribution in [3.05, 3.63) is 36.0 Å². The van der Waals surface area contributed by atoms with Crippen LogP contribution in [0.1, 0.15) is 18.4 Å². The number of nitrogens with zero attached hydrogens (tertiary/aromatic N) is 3. The highest BCUT2D eigenvalue weighted by molar-refractivity contribution is 14.0. The number of guanidine groups is 1. The molecule has 0 bridgehead atoms. The molecule has 0 spiro atoms. The lowest BCUT2D eigenvalue weighted by Crippen LogP contribution is -2.39. The van der Waals surface area contributed by atoms with Gasteiger partial charge in [-0.25, -0.2) is 0 Å². The maximum Gasteiger partial charge on any atom is 0.190 e.